The monoisotopic (exact) mass is 294 g/mol. The van der Waals surface area contributed by atoms with Gasteiger partial charge >= 0.3 is 0 Å². The molecule has 1 nitrogen and oxygen atoms in total. The second kappa shape index (κ2) is 4.67. The second-order valence-electron chi connectivity index (χ2n) is 4.19. The summed E-state index contributed by atoms with van der Waals surface area (Å²) >= 11 is 9.40. The minimum atomic E-state index is -0.640. The Kier molecular flexibility index (Phi) is 3.16. The molecule has 0 aliphatic rings. The Balaban J connectivity index is 2.14. The largest absolute Gasteiger partial charge is 0.383 e. The molecule has 0 aliphatic carbocycles. The van der Waals surface area contributed by atoms with Crippen molar-refractivity contribution in [2.45, 2.75) is 13.0 Å². The second-order valence-corrected chi connectivity index (χ2v) is 6.39. The Labute approximate surface area is 118 Å². The molecule has 2 heterocycles. The molecule has 0 spiro atoms. The molecule has 92 valence electrons. The zero-order chi connectivity index (χ0) is 12.7. The SMILES string of the molecule is Cc1csc(C(O)c2cccc3ccsc23)c1Cl. The van der Waals surface area contributed by atoms with Gasteiger partial charge < -0.3 is 5.11 Å². The number of rotatable bonds is 2. The summed E-state index contributed by atoms with van der Waals surface area (Å²) in [5.74, 6) is 0. The summed E-state index contributed by atoms with van der Waals surface area (Å²) in [6, 6.07) is 8.07. The maximum atomic E-state index is 10.5. The zero-order valence-electron chi connectivity index (χ0n) is 9.68. The molecular formula is C14H11ClOS2. The van der Waals surface area contributed by atoms with E-state index in [0.717, 1.165) is 20.7 Å². The van der Waals surface area contributed by atoms with Crippen LogP contribution in [0.3, 0.4) is 0 Å². The molecule has 3 rings (SSSR count). The number of aryl methyl sites for hydroxylation is 1. The number of fused-ring (bicyclic) bond motifs is 1. The third kappa shape index (κ3) is 1.88. The summed E-state index contributed by atoms with van der Waals surface area (Å²) in [4.78, 5) is 0.829. The fourth-order valence-corrected chi connectivity index (χ4v) is 4.24. The minimum absolute atomic E-state index is 0.640. The lowest BCUT2D eigenvalue weighted by molar-refractivity contribution is 0.226. The van der Waals surface area contributed by atoms with Gasteiger partial charge in [-0.15, -0.1) is 22.7 Å². The molecule has 0 bridgehead atoms. The minimum Gasteiger partial charge on any atom is -0.383 e. The van der Waals surface area contributed by atoms with E-state index in [1.54, 1.807) is 11.3 Å². The average Bonchev–Trinajstić information content (AvgIpc) is 2.96. The molecule has 1 atom stereocenters. The average molecular weight is 295 g/mol. The molecule has 1 N–H and O–H groups in total. The number of halogens is 1. The number of aliphatic hydroxyl groups excluding tert-OH is 1. The van der Waals surface area contributed by atoms with Crippen LogP contribution < -0.4 is 0 Å². The Morgan fingerprint density at radius 2 is 2.06 bits per heavy atom. The van der Waals surface area contributed by atoms with Crippen molar-refractivity contribution in [1.82, 2.24) is 0 Å². The van der Waals surface area contributed by atoms with E-state index in [9.17, 15) is 5.11 Å². The molecule has 0 radical (unpaired) electrons. The third-order valence-corrected chi connectivity index (χ3v) is 5.72. The van der Waals surface area contributed by atoms with Crippen molar-refractivity contribution in [2.24, 2.45) is 0 Å². The lowest BCUT2D eigenvalue weighted by Crippen LogP contribution is -1.97. The lowest BCUT2D eigenvalue weighted by Gasteiger charge is -2.11. The van der Waals surface area contributed by atoms with Gasteiger partial charge in [-0.1, -0.05) is 29.8 Å². The smallest absolute Gasteiger partial charge is 0.116 e. The van der Waals surface area contributed by atoms with Gasteiger partial charge in [-0.3, -0.25) is 0 Å². The van der Waals surface area contributed by atoms with Gasteiger partial charge in [-0.2, -0.15) is 0 Å². The first-order valence-corrected chi connectivity index (χ1v) is 7.70. The molecule has 4 heteroatoms. The first-order chi connectivity index (χ1) is 8.68. The van der Waals surface area contributed by atoms with Crippen molar-refractivity contribution in [3.05, 3.63) is 56.1 Å². The van der Waals surface area contributed by atoms with Crippen LogP contribution in [-0.2, 0) is 0 Å². The van der Waals surface area contributed by atoms with E-state index in [4.69, 9.17) is 11.6 Å². The molecule has 3 aromatic rings. The van der Waals surface area contributed by atoms with E-state index in [-0.39, 0.29) is 0 Å². The van der Waals surface area contributed by atoms with Crippen molar-refractivity contribution >= 4 is 44.4 Å². The van der Waals surface area contributed by atoms with E-state index in [1.807, 2.05) is 29.8 Å². The summed E-state index contributed by atoms with van der Waals surface area (Å²) in [6.07, 6.45) is -0.640. The molecule has 0 amide bonds. The maximum Gasteiger partial charge on any atom is 0.116 e. The van der Waals surface area contributed by atoms with Crippen LogP contribution in [0.15, 0.2) is 35.0 Å². The quantitative estimate of drug-likeness (QED) is 0.704. The highest BCUT2D eigenvalue weighted by molar-refractivity contribution is 7.17. The normalized spacial score (nSPS) is 13.1. The van der Waals surface area contributed by atoms with Gasteiger partial charge in [0, 0.05) is 10.3 Å². The van der Waals surface area contributed by atoms with Crippen LogP contribution in [-0.4, -0.2) is 5.11 Å². The summed E-state index contributed by atoms with van der Waals surface area (Å²) < 4.78 is 1.13. The Hall–Kier alpha value is -0.870. The van der Waals surface area contributed by atoms with Gasteiger partial charge in [0.25, 0.3) is 0 Å². The molecular weight excluding hydrogens is 284 g/mol. The van der Waals surface area contributed by atoms with Gasteiger partial charge in [-0.25, -0.2) is 0 Å². The van der Waals surface area contributed by atoms with Crippen LogP contribution in [0.2, 0.25) is 5.02 Å². The van der Waals surface area contributed by atoms with Crippen LogP contribution in [0.4, 0.5) is 0 Å². The molecule has 1 aromatic carbocycles. The fourth-order valence-electron chi connectivity index (χ4n) is 2.01. The van der Waals surface area contributed by atoms with Gasteiger partial charge in [0.05, 0.1) is 9.90 Å². The predicted molar refractivity (Wildman–Crippen MR) is 80.0 cm³/mol. The third-order valence-electron chi connectivity index (χ3n) is 2.98. The van der Waals surface area contributed by atoms with E-state index < -0.39 is 6.10 Å². The van der Waals surface area contributed by atoms with Crippen molar-refractivity contribution in [1.29, 1.82) is 0 Å². The fraction of sp³-hybridized carbons (Fsp3) is 0.143. The molecule has 0 saturated heterocycles. The van der Waals surface area contributed by atoms with Gasteiger partial charge in [0.1, 0.15) is 6.10 Å². The first-order valence-electron chi connectivity index (χ1n) is 5.56. The molecule has 0 saturated carbocycles. The standard InChI is InChI=1S/C14H11ClOS2/c1-8-7-18-14(11(8)15)12(16)10-4-2-3-9-5-6-17-13(9)10/h2-7,12,16H,1H3. The first kappa shape index (κ1) is 12.2. The van der Waals surface area contributed by atoms with E-state index in [0.29, 0.717) is 5.02 Å². The van der Waals surface area contributed by atoms with Gasteiger partial charge in [-0.05, 0) is 34.7 Å². The lowest BCUT2D eigenvalue weighted by atomic mass is 10.1. The van der Waals surface area contributed by atoms with Crippen molar-refractivity contribution in [3.8, 4) is 0 Å². The van der Waals surface area contributed by atoms with Gasteiger partial charge in [0.2, 0.25) is 0 Å². The number of benzene rings is 1. The maximum absolute atomic E-state index is 10.5. The highest BCUT2D eigenvalue weighted by Gasteiger charge is 2.19. The highest BCUT2D eigenvalue weighted by Crippen LogP contribution is 2.39. The zero-order valence-corrected chi connectivity index (χ0v) is 12.1. The summed E-state index contributed by atoms with van der Waals surface area (Å²) in [5, 5.41) is 16.4. The van der Waals surface area contributed by atoms with E-state index in [2.05, 4.69) is 12.1 Å². The van der Waals surface area contributed by atoms with Crippen molar-refractivity contribution < 1.29 is 5.11 Å². The van der Waals surface area contributed by atoms with E-state index in [1.165, 1.54) is 16.7 Å². The van der Waals surface area contributed by atoms with Crippen molar-refractivity contribution in [3.63, 3.8) is 0 Å². The molecule has 18 heavy (non-hydrogen) atoms. The Morgan fingerprint density at radius 1 is 1.22 bits per heavy atom. The topological polar surface area (TPSA) is 20.2 Å². The molecule has 1 unspecified atom stereocenters. The summed E-state index contributed by atoms with van der Waals surface area (Å²) in [5.41, 5.74) is 1.96. The van der Waals surface area contributed by atoms with Crippen LogP contribution in [0.1, 0.15) is 22.1 Å². The molecule has 0 fully saturated rings. The Morgan fingerprint density at radius 3 is 2.78 bits per heavy atom. The van der Waals surface area contributed by atoms with Gasteiger partial charge in [0.15, 0.2) is 0 Å². The van der Waals surface area contributed by atoms with Crippen LogP contribution in [0.25, 0.3) is 10.1 Å². The summed E-state index contributed by atoms with van der Waals surface area (Å²) in [7, 11) is 0. The Bertz CT molecular complexity index is 699. The van der Waals surface area contributed by atoms with E-state index >= 15 is 0 Å². The van der Waals surface area contributed by atoms with Crippen LogP contribution >= 0.6 is 34.3 Å². The predicted octanol–water partition coefficient (Wildman–Crippen LogP) is 5.01. The van der Waals surface area contributed by atoms with Crippen LogP contribution in [0.5, 0.6) is 0 Å². The number of aliphatic hydroxyl groups is 1. The molecule has 2 aromatic heterocycles. The number of hydrogen-bond donors (Lipinski definition) is 1. The number of hydrogen-bond acceptors (Lipinski definition) is 3. The highest BCUT2D eigenvalue weighted by atomic mass is 35.5. The molecule has 0 aliphatic heterocycles. The summed E-state index contributed by atoms with van der Waals surface area (Å²) in [6.45, 7) is 1.96. The van der Waals surface area contributed by atoms with Crippen LogP contribution in [0, 0.1) is 6.92 Å². The van der Waals surface area contributed by atoms with Crippen molar-refractivity contribution in [2.75, 3.05) is 0 Å². The number of thiophene rings is 2.